The highest BCUT2D eigenvalue weighted by molar-refractivity contribution is 5.57. The minimum atomic E-state index is 0.158. The third-order valence-electron chi connectivity index (χ3n) is 2.39. The number of hydrogen-bond donors (Lipinski definition) is 2. The van der Waals surface area contributed by atoms with Crippen molar-refractivity contribution in [2.75, 3.05) is 31.2 Å². The van der Waals surface area contributed by atoms with Gasteiger partial charge in [-0.25, -0.2) is 0 Å². The average Bonchev–Trinajstić information content (AvgIpc) is 2.47. The van der Waals surface area contributed by atoms with Crippen LogP contribution in [0.3, 0.4) is 0 Å². The van der Waals surface area contributed by atoms with E-state index >= 15 is 0 Å². The Balaban J connectivity index is 2.02. The number of hydrogen-bond acceptors (Lipinski definition) is 7. The molecule has 0 atom stereocenters. The highest BCUT2D eigenvalue weighted by Gasteiger charge is 2.05. The van der Waals surface area contributed by atoms with E-state index in [1.807, 2.05) is 37.3 Å². The second-order valence-corrected chi connectivity index (χ2v) is 3.84. The zero-order valence-electron chi connectivity index (χ0n) is 11.2. The summed E-state index contributed by atoms with van der Waals surface area (Å²) in [7, 11) is 0. The number of rotatable bonds is 7. The van der Waals surface area contributed by atoms with Crippen molar-refractivity contribution in [2.24, 2.45) is 0 Å². The molecule has 0 unspecified atom stereocenters. The van der Waals surface area contributed by atoms with Gasteiger partial charge in [0.25, 0.3) is 0 Å². The lowest BCUT2D eigenvalue weighted by Crippen LogP contribution is -2.13. The van der Waals surface area contributed by atoms with Crippen molar-refractivity contribution in [1.82, 2.24) is 15.0 Å². The molecule has 0 aliphatic heterocycles. The zero-order chi connectivity index (χ0) is 14.2. The van der Waals surface area contributed by atoms with E-state index in [1.54, 1.807) is 0 Å². The normalized spacial score (nSPS) is 10.4. The summed E-state index contributed by atoms with van der Waals surface area (Å²) in [5.74, 6) is 1.05. The van der Waals surface area contributed by atoms with Gasteiger partial charge >= 0.3 is 0 Å². The number of nitrogens with two attached hydrogens (primary N) is 1. The van der Waals surface area contributed by atoms with Gasteiger partial charge in [-0.2, -0.15) is 15.0 Å². The topological polar surface area (TPSA) is 95.2 Å². The Morgan fingerprint density at radius 1 is 1.10 bits per heavy atom. The van der Waals surface area contributed by atoms with Gasteiger partial charge in [-0.15, -0.1) is 0 Å². The van der Waals surface area contributed by atoms with Crippen LogP contribution in [0.5, 0.6) is 0 Å². The molecule has 0 amide bonds. The van der Waals surface area contributed by atoms with Crippen molar-refractivity contribution in [3.8, 4) is 11.4 Å². The first kappa shape index (κ1) is 14.2. The van der Waals surface area contributed by atoms with Crippen LogP contribution < -0.4 is 11.1 Å². The van der Waals surface area contributed by atoms with E-state index in [2.05, 4.69) is 20.3 Å². The third kappa shape index (κ3) is 4.15. The average molecular weight is 275 g/mol. The van der Waals surface area contributed by atoms with E-state index in [0.29, 0.717) is 18.4 Å². The summed E-state index contributed by atoms with van der Waals surface area (Å²) in [5, 5.41) is 2.91. The molecule has 0 saturated carbocycles. The van der Waals surface area contributed by atoms with E-state index in [0.717, 1.165) is 5.56 Å². The van der Waals surface area contributed by atoms with Crippen LogP contribution in [-0.2, 0) is 9.47 Å². The third-order valence-corrected chi connectivity index (χ3v) is 2.39. The predicted octanol–water partition coefficient (Wildman–Crippen LogP) is 1.50. The molecule has 3 N–H and O–H groups in total. The number of nitrogens with one attached hydrogen (secondary N) is 1. The van der Waals surface area contributed by atoms with Gasteiger partial charge in [0.2, 0.25) is 11.9 Å². The van der Waals surface area contributed by atoms with Gasteiger partial charge in [0.15, 0.2) is 5.82 Å². The first-order chi connectivity index (χ1) is 9.79. The first-order valence-electron chi connectivity index (χ1n) is 6.26. The summed E-state index contributed by atoms with van der Waals surface area (Å²) in [6.07, 6.45) is 0. The Hall–Kier alpha value is -2.25. The van der Waals surface area contributed by atoms with Crippen LogP contribution in [0, 0.1) is 0 Å². The maximum absolute atomic E-state index is 5.68. The Kier molecular flexibility index (Phi) is 5.22. The SMILES string of the molecule is CCOCOCNc1nc(N)nc(-c2ccccc2)n1. The standard InChI is InChI=1S/C13H17N5O2/c1-2-19-9-20-8-15-13-17-11(16-12(14)18-13)10-6-4-3-5-7-10/h3-7H,2,8-9H2,1H3,(H3,14,15,16,17,18). The van der Waals surface area contributed by atoms with Crippen molar-refractivity contribution in [3.05, 3.63) is 30.3 Å². The summed E-state index contributed by atoms with van der Waals surface area (Å²) < 4.78 is 10.2. The van der Waals surface area contributed by atoms with Gasteiger partial charge in [-0.1, -0.05) is 30.3 Å². The highest BCUT2D eigenvalue weighted by Crippen LogP contribution is 2.16. The fraction of sp³-hybridized carbons (Fsp3) is 0.308. The van der Waals surface area contributed by atoms with E-state index in [-0.39, 0.29) is 19.5 Å². The molecule has 106 valence electrons. The summed E-state index contributed by atoms with van der Waals surface area (Å²) in [5.41, 5.74) is 6.56. The minimum Gasteiger partial charge on any atom is -0.368 e. The summed E-state index contributed by atoms with van der Waals surface area (Å²) >= 11 is 0. The first-order valence-corrected chi connectivity index (χ1v) is 6.26. The molecule has 0 radical (unpaired) electrons. The van der Waals surface area contributed by atoms with E-state index in [9.17, 15) is 0 Å². The molecule has 0 aliphatic rings. The van der Waals surface area contributed by atoms with Gasteiger partial charge < -0.3 is 20.5 Å². The summed E-state index contributed by atoms with van der Waals surface area (Å²) in [6.45, 7) is 2.96. The Labute approximate surface area is 117 Å². The molecule has 7 nitrogen and oxygen atoms in total. The van der Waals surface area contributed by atoms with Crippen molar-refractivity contribution in [1.29, 1.82) is 0 Å². The molecule has 1 heterocycles. The lowest BCUT2D eigenvalue weighted by atomic mass is 10.2. The monoisotopic (exact) mass is 275 g/mol. The van der Waals surface area contributed by atoms with Crippen LogP contribution in [0.25, 0.3) is 11.4 Å². The van der Waals surface area contributed by atoms with Crippen molar-refractivity contribution < 1.29 is 9.47 Å². The fourth-order valence-electron chi connectivity index (χ4n) is 1.49. The van der Waals surface area contributed by atoms with E-state index < -0.39 is 0 Å². The number of benzene rings is 1. The number of anilines is 2. The smallest absolute Gasteiger partial charge is 0.229 e. The molecule has 7 heteroatoms. The van der Waals surface area contributed by atoms with Crippen molar-refractivity contribution in [3.63, 3.8) is 0 Å². The van der Waals surface area contributed by atoms with Gasteiger partial charge in [-0.3, -0.25) is 0 Å². The molecule has 20 heavy (non-hydrogen) atoms. The van der Waals surface area contributed by atoms with Crippen LogP contribution in [-0.4, -0.2) is 35.1 Å². The predicted molar refractivity (Wildman–Crippen MR) is 75.7 cm³/mol. The van der Waals surface area contributed by atoms with Gasteiger partial charge in [0.05, 0.1) is 0 Å². The molecule has 2 rings (SSSR count). The van der Waals surface area contributed by atoms with E-state index in [4.69, 9.17) is 15.2 Å². The molecular weight excluding hydrogens is 258 g/mol. The highest BCUT2D eigenvalue weighted by atomic mass is 16.7. The van der Waals surface area contributed by atoms with Gasteiger partial charge in [0.1, 0.15) is 13.5 Å². The van der Waals surface area contributed by atoms with Gasteiger partial charge in [-0.05, 0) is 6.92 Å². The van der Waals surface area contributed by atoms with E-state index in [1.165, 1.54) is 0 Å². The second kappa shape index (κ2) is 7.37. The maximum Gasteiger partial charge on any atom is 0.229 e. The van der Waals surface area contributed by atoms with Crippen molar-refractivity contribution in [2.45, 2.75) is 6.92 Å². The molecule has 0 fully saturated rings. The molecule has 1 aromatic heterocycles. The number of ether oxygens (including phenoxy) is 2. The molecule has 0 saturated heterocycles. The molecule has 0 aliphatic carbocycles. The lowest BCUT2D eigenvalue weighted by Gasteiger charge is -2.08. The molecule has 1 aromatic carbocycles. The van der Waals surface area contributed by atoms with Crippen molar-refractivity contribution >= 4 is 11.9 Å². The van der Waals surface area contributed by atoms with Crippen LogP contribution in [0.1, 0.15) is 6.92 Å². The number of nitrogens with zero attached hydrogens (tertiary/aromatic N) is 3. The van der Waals surface area contributed by atoms with Crippen LogP contribution in [0.4, 0.5) is 11.9 Å². The van der Waals surface area contributed by atoms with Crippen LogP contribution in [0.15, 0.2) is 30.3 Å². The Morgan fingerprint density at radius 2 is 1.90 bits per heavy atom. The maximum atomic E-state index is 5.68. The fourth-order valence-corrected chi connectivity index (χ4v) is 1.49. The van der Waals surface area contributed by atoms with Gasteiger partial charge in [0, 0.05) is 12.2 Å². The quantitative estimate of drug-likeness (QED) is 0.584. The molecule has 0 bridgehead atoms. The summed E-state index contributed by atoms with van der Waals surface area (Å²) in [6, 6.07) is 9.56. The van der Waals surface area contributed by atoms with Crippen LogP contribution in [0.2, 0.25) is 0 Å². The zero-order valence-corrected chi connectivity index (χ0v) is 11.2. The lowest BCUT2D eigenvalue weighted by molar-refractivity contribution is -0.0428. The van der Waals surface area contributed by atoms with Crippen LogP contribution >= 0.6 is 0 Å². The number of nitrogen functional groups attached to an aromatic ring is 1. The number of aromatic nitrogens is 3. The summed E-state index contributed by atoms with van der Waals surface area (Å²) in [4.78, 5) is 12.4. The minimum absolute atomic E-state index is 0.158. The largest absolute Gasteiger partial charge is 0.368 e. The Bertz CT molecular complexity index is 536. The second-order valence-electron chi connectivity index (χ2n) is 3.84. The molecule has 2 aromatic rings. The molecule has 0 spiro atoms. The molecular formula is C13H17N5O2. The Morgan fingerprint density at radius 3 is 2.65 bits per heavy atom.